The van der Waals surface area contributed by atoms with Crippen molar-refractivity contribution in [3.63, 3.8) is 0 Å². The van der Waals surface area contributed by atoms with Gasteiger partial charge in [0.15, 0.2) is 0 Å². The zero-order chi connectivity index (χ0) is 14.1. The van der Waals surface area contributed by atoms with E-state index in [1.54, 1.807) is 12.3 Å². The Bertz CT molecular complexity index is 618. The summed E-state index contributed by atoms with van der Waals surface area (Å²) in [5.74, 6) is 0.472. The number of pyridine rings is 1. The molecule has 1 aliphatic rings. The summed E-state index contributed by atoms with van der Waals surface area (Å²) >= 11 is 3.37. The minimum absolute atomic E-state index is 0.0601. The summed E-state index contributed by atoms with van der Waals surface area (Å²) in [7, 11) is 1.87. The Morgan fingerprint density at radius 1 is 1.35 bits per heavy atom. The van der Waals surface area contributed by atoms with E-state index < -0.39 is 0 Å². The Labute approximate surface area is 125 Å². The third-order valence-corrected chi connectivity index (χ3v) is 3.96. The van der Waals surface area contributed by atoms with Crippen LogP contribution in [0.1, 0.15) is 29.8 Å². The lowest BCUT2D eigenvalue weighted by atomic mass is 9.95. The van der Waals surface area contributed by atoms with Gasteiger partial charge in [-0.25, -0.2) is 4.39 Å². The van der Waals surface area contributed by atoms with Gasteiger partial charge in [-0.05, 0) is 53.3 Å². The van der Waals surface area contributed by atoms with Gasteiger partial charge in [0.2, 0.25) is 0 Å². The lowest BCUT2D eigenvalue weighted by molar-refractivity contribution is 0.149. The molecule has 2 atom stereocenters. The van der Waals surface area contributed by atoms with Gasteiger partial charge in [0.05, 0.1) is 5.69 Å². The van der Waals surface area contributed by atoms with Crippen LogP contribution in [0.3, 0.4) is 0 Å². The van der Waals surface area contributed by atoms with Gasteiger partial charge in [-0.2, -0.15) is 0 Å². The van der Waals surface area contributed by atoms with Crippen molar-refractivity contribution in [1.82, 2.24) is 10.3 Å². The van der Waals surface area contributed by atoms with Crippen LogP contribution < -0.4 is 10.1 Å². The molecule has 5 heteroatoms. The first kappa shape index (κ1) is 13.5. The molecule has 1 aromatic heterocycles. The van der Waals surface area contributed by atoms with Gasteiger partial charge in [0.1, 0.15) is 17.7 Å². The number of hydrogen-bond donors (Lipinski definition) is 1. The van der Waals surface area contributed by atoms with E-state index in [9.17, 15) is 4.39 Å². The number of hydrogen-bond acceptors (Lipinski definition) is 3. The van der Waals surface area contributed by atoms with Gasteiger partial charge in [-0.1, -0.05) is 0 Å². The van der Waals surface area contributed by atoms with Gasteiger partial charge in [0, 0.05) is 28.7 Å². The van der Waals surface area contributed by atoms with Gasteiger partial charge < -0.3 is 10.1 Å². The Balaban J connectivity index is 1.94. The van der Waals surface area contributed by atoms with Crippen LogP contribution in [0.25, 0.3) is 0 Å². The summed E-state index contributed by atoms with van der Waals surface area (Å²) in [5, 5.41) is 3.21. The number of nitrogens with zero attached hydrogens (tertiary/aromatic N) is 1. The van der Waals surface area contributed by atoms with E-state index in [2.05, 4.69) is 26.2 Å². The molecule has 3 nitrogen and oxygen atoms in total. The van der Waals surface area contributed by atoms with Crippen molar-refractivity contribution in [3.05, 3.63) is 58.1 Å². The van der Waals surface area contributed by atoms with Crippen molar-refractivity contribution in [2.24, 2.45) is 0 Å². The fourth-order valence-electron chi connectivity index (χ4n) is 2.47. The van der Waals surface area contributed by atoms with Crippen LogP contribution >= 0.6 is 15.9 Å². The van der Waals surface area contributed by atoms with Crippen LogP contribution in [0.15, 0.2) is 41.0 Å². The maximum absolute atomic E-state index is 13.4. The quantitative estimate of drug-likeness (QED) is 0.906. The first-order valence-corrected chi connectivity index (χ1v) is 7.21. The molecule has 1 N–H and O–H groups in total. The number of fused-ring (bicyclic) bond motifs is 1. The Hall–Kier alpha value is -1.46. The second-order valence-electron chi connectivity index (χ2n) is 4.77. The number of aromatic nitrogens is 1. The van der Waals surface area contributed by atoms with E-state index in [1.807, 2.05) is 19.2 Å². The molecule has 1 aliphatic heterocycles. The van der Waals surface area contributed by atoms with Gasteiger partial charge in [-0.3, -0.25) is 4.98 Å². The molecule has 1 aromatic carbocycles. The first-order valence-electron chi connectivity index (χ1n) is 6.42. The molecule has 0 fully saturated rings. The second kappa shape index (κ2) is 5.50. The van der Waals surface area contributed by atoms with Crippen LogP contribution in [0.2, 0.25) is 0 Å². The van der Waals surface area contributed by atoms with Crippen molar-refractivity contribution in [2.75, 3.05) is 7.05 Å². The van der Waals surface area contributed by atoms with E-state index in [-0.39, 0.29) is 18.0 Å². The molecule has 0 radical (unpaired) electrons. The van der Waals surface area contributed by atoms with E-state index in [0.717, 1.165) is 22.2 Å². The summed E-state index contributed by atoms with van der Waals surface area (Å²) in [6.45, 7) is 0. The van der Waals surface area contributed by atoms with Crippen molar-refractivity contribution in [1.29, 1.82) is 0 Å². The lowest BCUT2D eigenvalue weighted by Crippen LogP contribution is -2.27. The molecule has 0 saturated carbocycles. The SMILES string of the molecule is CNC1CC(c2ccc(Br)cn2)Oc2ccc(F)cc21. The summed E-state index contributed by atoms with van der Waals surface area (Å²) in [6.07, 6.45) is 2.35. The van der Waals surface area contributed by atoms with Crippen LogP contribution in [-0.4, -0.2) is 12.0 Å². The van der Waals surface area contributed by atoms with E-state index in [4.69, 9.17) is 4.74 Å². The van der Waals surface area contributed by atoms with Crippen molar-refractivity contribution in [3.8, 4) is 5.75 Å². The Morgan fingerprint density at radius 3 is 2.90 bits per heavy atom. The molecule has 20 heavy (non-hydrogen) atoms. The molecule has 104 valence electrons. The maximum Gasteiger partial charge on any atom is 0.142 e. The summed E-state index contributed by atoms with van der Waals surface area (Å²) in [6, 6.07) is 8.57. The van der Waals surface area contributed by atoms with Gasteiger partial charge in [0.25, 0.3) is 0 Å². The Kier molecular flexibility index (Phi) is 3.72. The normalized spacial score (nSPS) is 21.1. The fourth-order valence-corrected chi connectivity index (χ4v) is 2.71. The van der Waals surface area contributed by atoms with Crippen LogP contribution in [0.4, 0.5) is 4.39 Å². The average molecular weight is 337 g/mol. The molecule has 2 heterocycles. The average Bonchev–Trinajstić information content (AvgIpc) is 2.47. The molecule has 2 unspecified atom stereocenters. The minimum atomic E-state index is -0.243. The van der Waals surface area contributed by atoms with Crippen LogP contribution in [0.5, 0.6) is 5.75 Å². The lowest BCUT2D eigenvalue weighted by Gasteiger charge is -2.31. The smallest absolute Gasteiger partial charge is 0.142 e. The highest BCUT2D eigenvalue weighted by Gasteiger charge is 2.29. The summed E-state index contributed by atoms with van der Waals surface area (Å²) < 4.78 is 20.3. The molecule has 3 rings (SSSR count). The maximum atomic E-state index is 13.4. The highest BCUT2D eigenvalue weighted by molar-refractivity contribution is 9.10. The third kappa shape index (κ3) is 2.55. The van der Waals surface area contributed by atoms with E-state index >= 15 is 0 Å². The largest absolute Gasteiger partial charge is 0.484 e. The predicted octanol–water partition coefficient (Wildman–Crippen LogP) is 3.77. The molecule has 0 spiro atoms. The molecule has 0 aliphatic carbocycles. The van der Waals surface area contributed by atoms with Crippen LogP contribution in [0, 0.1) is 5.82 Å². The van der Waals surface area contributed by atoms with Crippen LogP contribution in [-0.2, 0) is 0 Å². The fraction of sp³-hybridized carbons (Fsp3) is 0.267. The Morgan fingerprint density at radius 2 is 2.20 bits per heavy atom. The molecule has 0 amide bonds. The standard InChI is InChI=1S/C15H14BrFN2O/c1-18-13-7-15(12-4-2-9(16)8-19-12)20-14-5-3-10(17)6-11(13)14/h2-6,8,13,15,18H,7H2,1H3. The molecular weight excluding hydrogens is 323 g/mol. The molecule has 2 aromatic rings. The second-order valence-corrected chi connectivity index (χ2v) is 5.68. The van der Waals surface area contributed by atoms with Gasteiger partial charge >= 0.3 is 0 Å². The topological polar surface area (TPSA) is 34.2 Å². The van der Waals surface area contributed by atoms with Gasteiger partial charge in [-0.15, -0.1) is 0 Å². The number of rotatable bonds is 2. The summed E-state index contributed by atoms with van der Waals surface area (Å²) in [5.41, 5.74) is 1.74. The number of benzene rings is 1. The van der Waals surface area contributed by atoms with E-state index in [0.29, 0.717) is 5.75 Å². The summed E-state index contributed by atoms with van der Waals surface area (Å²) in [4.78, 5) is 4.39. The molecule has 0 bridgehead atoms. The zero-order valence-corrected chi connectivity index (χ0v) is 12.5. The molecule has 0 saturated heterocycles. The highest BCUT2D eigenvalue weighted by Crippen LogP contribution is 2.40. The predicted molar refractivity (Wildman–Crippen MR) is 78.1 cm³/mol. The number of nitrogens with one attached hydrogen (secondary N) is 1. The highest BCUT2D eigenvalue weighted by atomic mass is 79.9. The van der Waals surface area contributed by atoms with Crippen molar-refractivity contribution < 1.29 is 9.13 Å². The third-order valence-electron chi connectivity index (χ3n) is 3.49. The number of ether oxygens (including phenoxy) is 1. The van der Waals surface area contributed by atoms with Crippen molar-refractivity contribution in [2.45, 2.75) is 18.6 Å². The molecular formula is C15H14BrFN2O. The van der Waals surface area contributed by atoms with E-state index in [1.165, 1.54) is 12.1 Å². The first-order chi connectivity index (χ1) is 9.67. The minimum Gasteiger partial charge on any atom is -0.484 e. The number of halogens is 2. The zero-order valence-electron chi connectivity index (χ0n) is 10.9. The monoisotopic (exact) mass is 336 g/mol. The van der Waals surface area contributed by atoms with Crippen molar-refractivity contribution >= 4 is 15.9 Å².